The van der Waals surface area contributed by atoms with E-state index >= 15 is 0 Å². The molecule has 1 aliphatic heterocycles. The normalized spacial score (nSPS) is 15.2. The fraction of sp³-hybridized carbons (Fsp3) is 0.500. The molecule has 0 bridgehead atoms. The van der Waals surface area contributed by atoms with Crippen molar-refractivity contribution in [3.8, 4) is 5.75 Å². The van der Waals surface area contributed by atoms with Crippen LogP contribution in [0.25, 0.3) is 0 Å². The molecule has 0 aliphatic carbocycles. The summed E-state index contributed by atoms with van der Waals surface area (Å²) in [7, 11) is 1.48. The van der Waals surface area contributed by atoms with E-state index in [4.69, 9.17) is 22.1 Å². The molecule has 2 amide bonds. The Bertz CT molecular complexity index is 616. The Morgan fingerprint density at radius 1 is 1.29 bits per heavy atom. The number of nitrogens with two attached hydrogens (primary N) is 1. The van der Waals surface area contributed by atoms with E-state index in [1.54, 1.807) is 17.0 Å². The van der Waals surface area contributed by atoms with Crippen molar-refractivity contribution in [1.29, 1.82) is 0 Å². The van der Waals surface area contributed by atoms with Gasteiger partial charge >= 0.3 is 11.8 Å². The summed E-state index contributed by atoms with van der Waals surface area (Å²) in [6, 6.07) is 3.30. The molecule has 0 saturated carbocycles. The Hall–Kier alpha value is -1.83. The molecule has 1 saturated heterocycles. The molecule has 1 aromatic rings. The highest BCUT2D eigenvalue weighted by atomic mass is 35.5. The minimum Gasteiger partial charge on any atom is -0.495 e. The summed E-state index contributed by atoms with van der Waals surface area (Å²) in [6.45, 7) is 5.68. The predicted octanol–water partition coefficient (Wildman–Crippen LogP) is 0.698. The molecule has 8 heteroatoms. The van der Waals surface area contributed by atoms with Crippen molar-refractivity contribution >= 4 is 29.1 Å². The Morgan fingerprint density at radius 2 is 1.96 bits per heavy atom. The second kappa shape index (κ2) is 8.32. The number of nitrogens with one attached hydrogen (secondary N) is 1. The van der Waals surface area contributed by atoms with Crippen LogP contribution in [0.3, 0.4) is 0 Å². The first-order valence-electron chi connectivity index (χ1n) is 7.83. The zero-order valence-electron chi connectivity index (χ0n) is 14.0. The molecular weight excluding hydrogens is 332 g/mol. The van der Waals surface area contributed by atoms with Crippen molar-refractivity contribution < 1.29 is 14.3 Å². The monoisotopic (exact) mass is 354 g/mol. The van der Waals surface area contributed by atoms with Crippen LogP contribution in [-0.4, -0.2) is 68.0 Å². The van der Waals surface area contributed by atoms with E-state index in [-0.39, 0.29) is 0 Å². The van der Waals surface area contributed by atoms with Crippen molar-refractivity contribution in [2.75, 3.05) is 51.7 Å². The fourth-order valence-electron chi connectivity index (χ4n) is 2.61. The van der Waals surface area contributed by atoms with Crippen molar-refractivity contribution in [2.24, 2.45) is 5.73 Å². The van der Waals surface area contributed by atoms with Crippen molar-refractivity contribution in [2.45, 2.75) is 6.92 Å². The standard InChI is InChI=1S/C16H23ClN4O3/c1-11-9-13(14(24-2)10-12(11)17)19-15(22)16(23)21-7-5-20(4-3-18)6-8-21/h9-10H,3-8,18H2,1-2H3,(H,19,22). The van der Waals surface area contributed by atoms with Crippen LogP contribution in [0.1, 0.15) is 5.56 Å². The average molecular weight is 355 g/mol. The van der Waals surface area contributed by atoms with Gasteiger partial charge in [0.25, 0.3) is 0 Å². The SMILES string of the molecule is COc1cc(Cl)c(C)cc1NC(=O)C(=O)N1CCN(CCN)CC1. The number of amides is 2. The molecule has 1 fully saturated rings. The largest absolute Gasteiger partial charge is 0.495 e. The molecule has 0 spiro atoms. The summed E-state index contributed by atoms with van der Waals surface area (Å²) < 4.78 is 5.21. The van der Waals surface area contributed by atoms with Crippen LogP contribution in [0.4, 0.5) is 5.69 Å². The number of ether oxygens (including phenoxy) is 1. The lowest BCUT2D eigenvalue weighted by atomic mass is 10.2. The molecule has 132 valence electrons. The van der Waals surface area contributed by atoms with Gasteiger partial charge in [-0.2, -0.15) is 0 Å². The number of methoxy groups -OCH3 is 1. The molecule has 0 radical (unpaired) electrons. The van der Waals surface area contributed by atoms with Crippen LogP contribution in [0.15, 0.2) is 12.1 Å². The number of carbonyl (C=O) groups is 2. The number of rotatable bonds is 4. The maximum absolute atomic E-state index is 12.3. The van der Waals surface area contributed by atoms with Crippen molar-refractivity contribution in [1.82, 2.24) is 9.80 Å². The second-order valence-corrected chi connectivity index (χ2v) is 6.09. The average Bonchev–Trinajstić information content (AvgIpc) is 2.58. The highest BCUT2D eigenvalue weighted by Gasteiger charge is 2.26. The van der Waals surface area contributed by atoms with Gasteiger partial charge in [-0.15, -0.1) is 0 Å². The van der Waals surface area contributed by atoms with Gasteiger partial charge in [0.1, 0.15) is 5.75 Å². The first-order valence-corrected chi connectivity index (χ1v) is 8.21. The fourth-order valence-corrected chi connectivity index (χ4v) is 2.76. The topological polar surface area (TPSA) is 87.9 Å². The lowest BCUT2D eigenvalue weighted by molar-refractivity contribution is -0.144. The Kier molecular flexibility index (Phi) is 6.42. The minimum absolute atomic E-state index is 0.416. The van der Waals surface area contributed by atoms with E-state index in [2.05, 4.69) is 10.2 Å². The number of anilines is 1. The summed E-state index contributed by atoms with van der Waals surface area (Å²) in [4.78, 5) is 28.3. The van der Waals surface area contributed by atoms with Gasteiger partial charge in [0, 0.05) is 50.4 Å². The van der Waals surface area contributed by atoms with Gasteiger partial charge in [-0.1, -0.05) is 11.6 Å². The van der Waals surface area contributed by atoms with Crippen LogP contribution >= 0.6 is 11.6 Å². The van der Waals surface area contributed by atoms with E-state index < -0.39 is 11.8 Å². The second-order valence-electron chi connectivity index (χ2n) is 5.68. The van der Waals surface area contributed by atoms with Gasteiger partial charge in [0.15, 0.2) is 0 Å². The minimum atomic E-state index is -0.678. The highest BCUT2D eigenvalue weighted by Crippen LogP contribution is 2.30. The molecule has 0 aromatic heterocycles. The Balaban J connectivity index is 2.00. The Labute approximate surface area is 146 Å². The van der Waals surface area contributed by atoms with Gasteiger partial charge in [0.2, 0.25) is 0 Å². The van der Waals surface area contributed by atoms with E-state index in [1.165, 1.54) is 7.11 Å². The van der Waals surface area contributed by atoms with E-state index in [9.17, 15) is 9.59 Å². The molecular formula is C16H23ClN4O3. The number of carbonyl (C=O) groups excluding carboxylic acids is 2. The van der Waals surface area contributed by atoms with Crippen molar-refractivity contribution in [3.63, 3.8) is 0 Å². The van der Waals surface area contributed by atoms with E-state index in [1.807, 2.05) is 6.92 Å². The maximum atomic E-state index is 12.3. The molecule has 1 aliphatic rings. The van der Waals surface area contributed by atoms with Gasteiger partial charge in [0.05, 0.1) is 12.8 Å². The number of piperazine rings is 1. The molecule has 2 rings (SSSR count). The maximum Gasteiger partial charge on any atom is 0.314 e. The first kappa shape index (κ1) is 18.5. The number of hydrogen-bond acceptors (Lipinski definition) is 5. The van der Waals surface area contributed by atoms with Gasteiger partial charge in [-0.3, -0.25) is 14.5 Å². The highest BCUT2D eigenvalue weighted by molar-refractivity contribution is 6.39. The Morgan fingerprint density at radius 3 is 2.54 bits per heavy atom. The van der Waals surface area contributed by atoms with Gasteiger partial charge in [-0.25, -0.2) is 0 Å². The third kappa shape index (κ3) is 4.37. The molecule has 0 unspecified atom stereocenters. The van der Waals surface area contributed by atoms with Crippen molar-refractivity contribution in [3.05, 3.63) is 22.7 Å². The van der Waals surface area contributed by atoms with Gasteiger partial charge in [-0.05, 0) is 18.6 Å². The van der Waals surface area contributed by atoms with Crippen LogP contribution < -0.4 is 15.8 Å². The number of halogens is 1. The molecule has 1 heterocycles. The van der Waals surface area contributed by atoms with Crippen LogP contribution in [0.2, 0.25) is 5.02 Å². The predicted molar refractivity (Wildman–Crippen MR) is 93.4 cm³/mol. The first-order chi connectivity index (χ1) is 11.5. The summed E-state index contributed by atoms with van der Waals surface area (Å²) >= 11 is 6.04. The molecule has 24 heavy (non-hydrogen) atoms. The van der Waals surface area contributed by atoms with E-state index in [0.717, 1.165) is 25.2 Å². The van der Waals surface area contributed by atoms with Crippen LogP contribution in [0, 0.1) is 6.92 Å². The third-order valence-electron chi connectivity index (χ3n) is 4.03. The summed E-state index contributed by atoms with van der Waals surface area (Å²) in [5, 5.41) is 3.15. The number of benzene rings is 1. The third-order valence-corrected chi connectivity index (χ3v) is 4.44. The summed E-state index contributed by atoms with van der Waals surface area (Å²) in [6.07, 6.45) is 0. The summed E-state index contributed by atoms with van der Waals surface area (Å²) in [5.74, 6) is -0.807. The molecule has 0 atom stereocenters. The molecule has 7 nitrogen and oxygen atoms in total. The summed E-state index contributed by atoms with van der Waals surface area (Å²) in [5.41, 5.74) is 6.75. The zero-order valence-corrected chi connectivity index (χ0v) is 14.7. The smallest absolute Gasteiger partial charge is 0.314 e. The molecule has 1 aromatic carbocycles. The number of nitrogens with zero attached hydrogens (tertiary/aromatic N) is 2. The lowest BCUT2D eigenvalue weighted by Crippen LogP contribution is -2.52. The number of hydrogen-bond donors (Lipinski definition) is 2. The van der Waals surface area contributed by atoms with Crippen LogP contribution in [0.5, 0.6) is 5.75 Å². The van der Waals surface area contributed by atoms with Gasteiger partial charge < -0.3 is 20.7 Å². The molecule has 3 N–H and O–H groups in total. The van der Waals surface area contributed by atoms with E-state index in [0.29, 0.717) is 36.1 Å². The zero-order chi connectivity index (χ0) is 17.7. The quantitative estimate of drug-likeness (QED) is 0.777. The van der Waals surface area contributed by atoms with Crippen LogP contribution in [-0.2, 0) is 9.59 Å². The lowest BCUT2D eigenvalue weighted by Gasteiger charge is -2.34. The number of aryl methyl sites for hydroxylation is 1.